The molecule has 6 heteroatoms. The van der Waals surface area contributed by atoms with E-state index in [-0.39, 0.29) is 23.3 Å². The van der Waals surface area contributed by atoms with Crippen LogP contribution >= 0.6 is 0 Å². The van der Waals surface area contributed by atoms with Crippen molar-refractivity contribution in [3.05, 3.63) is 71.3 Å². The molecule has 0 spiro atoms. The lowest BCUT2D eigenvalue weighted by molar-refractivity contribution is 0.0941. The third-order valence-electron chi connectivity index (χ3n) is 4.57. The van der Waals surface area contributed by atoms with Crippen LogP contribution in [0, 0.1) is 6.92 Å². The average Bonchev–Trinajstić information content (AvgIpc) is 3.09. The van der Waals surface area contributed by atoms with Crippen LogP contribution in [-0.2, 0) is 6.54 Å². The Bertz CT molecular complexity index is 978. The number of aromatic nitrogens is 2. The van der Waals surface area contributed by atoms with Crippen molar-refractivity contribution in [2.75, 3.05) is 6.54 Å². The molecule has 2 heterocycles. The van der Waals surface area contributed by atoms with Gasteiger partial charge in [0.2, 0.25) is 5.82 Å². The van der Waals surface area contributed by atoms with Crippen molar-refractivity contribution in [1.82, 2.24) is 20.0 Å². The molecule has 0 fully saturated rings. The number of benzene rings is 1. The highest BCUT2D eigenvalue weighted by molar-refractivity contribution is 6.02. The predicted molar refractivity (Wildman–Crippen MR) is 109 cm³/mol. The number of hydrogen-bond donors (Lipinski definition) is 2. The van der Waals surface area contributed by atoms with E-state index in [9.17, 15) is 9.59 Å². The normalized spacial score (nSPS) is 10.8. The number of amides is 2. The van der Waals surface area contributed by atoms with Gasteiger partial charge in [0.15, 0.2) is 5.69 Å². The smallest absolute Gasteiger partial charge is 0.287 e. The molecule has 3 rings (SSSR count). The first kappa shape index (κ1) is 19.6. The van der Waals surface area contributed by atoms with Crippen molar-refractivity contribution in [3.8, 4) is 0 Å². The van der Waals surface area contributed by atoms with E-state index in [1.165, 1.54) is 0 Å². The maximum atomic E-state index is 12.7. The monoisotopic (exact) mass is 378 g/mol. The highest BCUT2D eigenvalue weighted by Crippen LogP contribution is 2.14. The summed E-state index contributed by atoms with van der Waals surface area (Å²) in [5, 5.41) is 5.79. The maximum absolute atomic E-state index is 12.7. The van der Waals surface area contributed by atoms with Crippen molar-refractivity contribution < 1.29 is 9.59 Å². The number of carbonyl (C=O) groups excluding carboxylic acids is 2. The molecule has 0 unspecified atom stereocenters. The molecule has 0 bridgehead atoms. The van der Waals surface area contributed by atoms with Crippen LogP contribution in [0.4, 0.5) is 0 Å². The number of rotatable bonds is 8. The van der Waals surface area contributed by atoms with Crippen LogP contribution in [0.3, 0.4) is 0 Å². The second-order valence-corrected chi connectivity index (χ2v) is 6.87. The number of nitrogens with one attached hydrogen (secondary N) is 2. The van der Waals surface area contributed by atoms with Crippen LogP contribution in [0.15, 0.2) is 48.7 Å². The van der Waals surface area contributed by atoms with Crippen LogP contribution < -0.4 is 10.6 Å². The Morgan fingerprint density at radius 1 is 1.04 bits per heavy atom. The first-order chi connectivity index (χ1) is 13.6. The standard InChI is InChI=1S/C22H26N4O2/c1-3-4-6-12-23-22(28)20-25-19(18-11-5-7-13-26(18)20)21(27)24-15-17-10-8-9-16(2)14-17/h5,7-11,13-14H,3-4,6,12,15H2,1-2H3,(H,23,28)(H,24,27). The molecule has 0 radical (unpaired) electrons. The Balaban J connectivity index is 1.77. The van der Waals surface area contributed by atoms with Crippen LogP contribution in [0.5, 0.6) is 0 Å². The Morgan fingerprint density at radius 3 is 2.68 bits per heavy atom. The minimum atomic E-state index is -0.296. The van der Waals surface area contributed by atoms with Gasteiger partial charge in [-0.05, 0) is 31.0 Å². The molecule has 0 aliphatic heterocycles. The summed E-state index contributed by atoms with van der Waals surface area (Å²) in [6, 6.07) is 13.4. The minimum Gasteiger partial charge on any atom is -0.349 e. The molecule has 2 aromatic heterocycles. The van der Waals surface area contributed by atoms with Gasteiger partial charge >= 0.3 is 0 Å². The quantitative estimate of drug-likeness (QED) is 0.589. The van der Waals surface area contributed by atoms with Gasteiger partial charge in [-0.25, -0.2) is 4.98 Å². The molecule has 28 heavy (non-hydrogen) atoms. The van der Waals surface area contributed by atoms with Gasteiger partial charge in [-0.3, -0.25) is 14.0 Å². The number of carbonyl (C=O) groups is 2. The number of nitrogens with zero attached hydrogens (tertiary/aromatic N) is 2. The molecule has 0 aliphatic rings. The van der Waals surface area contributed by atoms with E-state index in [1.54, 1.807) is 16.7 Å². The van der Waals surface area contributed by atoms with Gasteiger partial charge in [-0.2, -0.15) is 0 Å². The molecular weight excluding hydrogens is 352 g/mol. The van der Waals surface area contributed by atoms with E-state index >= 15 is 0 Å². The zero-order chi connectivity index (χ0) is 19.9. The van der Waals surface area contributed by atoms with Gasteiger partial charge in [0, 0.05) is 19.3 Å². The Hall–Kier alpha value is -3.15. The van der Waals surface area contributed by atoms with E-state index in [4.69, 9.17) is 0 Å². The SMILES string of the molecule is CCCCCNC(=O)c1nc(C(=O)NCc2cccc(C)c2)c2ccccn12. The first-order valence-electron chi connectivity index (χ1n) is 9.69. The second-order valence-electron chi connectivity index (χ2n) is 6.87. The molecule has 0 saturated heterocycles. The number of aryl methyl sites for hydroxylation is 1. The second kappa shape index (κ2) is 9.17. The number of fused-ring (bicyclic) bond motifs is 1. The lowest BCUT2D eigenvalue weighted by atomic mass is 10.1. The van der Waals surface area contributed by atoms with Crippen LogP contribution in [0.2, 0.25) is 0 Å². The van der Waals surface area contributed by atoms with Crippen molar-refractivity contribution in [1.29, 1.82) is 0 Å². The van der Waals surface area contributed by atoms with Gasteiger partial charge in [-0.1, -0.05) is 55.7 Å². The van der Waals surface area contributed by atoms with Crippen molar-refractivity contribution >= 4 is 17.3 Å². The molecule has 2 amide bonds. The molecule has 2 N–H and O–H groups in total. The van der Waals surface area contributed by atoms with E-state index in [0.717, 1.165) is 30.4 Å². The number of hydrogen-bond acceptors (Lipinski definition) is 3. The molecule has 6 nitrogen and oxygen atoms in total. The summed E-state index contributed by atoms with van der Waals surface area (Å²) in [6.07, 6.45) is 4.83. The summed E-state index contributed by atoms with van der Waals surface area (Å²) in [7, 11) is 0. The third-order valence-corrected chi connectivity index (χ3v) is 4.57. The molecule has 146 valence electrons. The lowest BCUT2D eigenvalue weighted by Crippen LogP contribution is -2.27. The Labute approximate surface area is 165 Å². The predicted octanol–water partition coefficient (Wildman–Crippen LogP) is 3.49. The highest BCUT2D eigenvalue weighted by Gasteiger charge is 2.21. The van der Waals surface area contributed by atoms with Gasteiger partial charge in [-0.15, -0.1) is 0 Å². The zero-order valence-corrected chi connectivity index (χ0v) is 16.4. The zero-order valence-electron chi connectivity index (χ0n) is 16.4. The summed E-state index contributed by atoms with van der Waals surface area (Å²) in [4.78, 5) is 29.6. The van der Waals surface area contributed by atoms with E-state index < -0.39 is 0 Å². The number of unbranched alkanes of at least 4 members (excludes halogenated alkanes) is 2. The Morgan fingerprint density at radius 2 is 1.89 bits per heavy atom. The average molecular weight is 378 g/mol. The summed E-state index contributed by atoms with van der Waals surface area (Å²) in [5.74, 6) is -0.335. The topological polar surface area (TPSA) is 75.5 Å². The van der Waals surface area contributed by atoms with Crippen LogP contribution in [0.1, 0.15) is 58.4 Å². The fourth-order valence-corrected chi connectivity index (χ4v) is 3.11. The van der Waals surface area contributed by atoms with Crippen LogP contribution in [0.25, 0.3) is 5.52 Å². The fourth-order valence-electron chi connectivity index (χ4n) is 3.11. The number of pyridine rings is 1. The Kier molecular flexibility index (Phi) is 6.42. The molecular formula is C22H26N4O2. The maximum Gasteiger partial charge on any atom is 0.287 e. The summed E-state index contributed by atoms with van der Waals surface area (Å²) in [5.41, 5.74) is 3.03. The van der Waals surface area contributed by atoms with E-state index in [0.29, 0.717) is 18.6 Å². The molecule has 3 aromatic rings. The third kappa shape index (κ3) is 4.57. The van der Waals surface area contributed by atoms with E-state index in [2.05, 4.69) is 22.5 Å². The highest BCUT2D eigenvalue weighted by atomic mass is 16.2. The van der Waals surface area contributed by atoms with Gasteiger partial charge in [0.25, 0.3) is 11.8 Å². The van der Waals surface area contributed by atoms with Crippen molar-refractivity contribution in [2.45, 2.75) is 39.7 Å². The molecule has 1 aromatic carbocycles. The van der Waals surface area contributed by atoms with Crippen molar-refractivity contribution in [2.24, 2.45) is 0 Å². The minimum absolute atomic E-state index is 0.229. The van der Waals surface area contributed by atoms with Gasteiger partial charge in [0.1, 0.15) is 0 Å². The molecule has 0 atom stereocenters. The summed E-state index contributed by atoms with van der Waals surface area (Å²) >= 11 is 0. The summed E-state index contributed by atoms with van der Waals surface area (Å²) < 4.78 is 1.66. The lowest BCUT2D eigenvalue weighted by Gasteiger charge is -2.05. The van der Waals surface area contributed by atoms with Gasteiger partial charge < -0.3 is 10.6 Å². The molecule has 0 aliphatic carbocycles. The van der Waals surface area contributed by atoms with E-state index in [1.807, 2.05) is 43.3 Å². The van der Waals surface area contributed by atoms with Gasteiger partial charge in [0.05, 0.1) is 5.52 Å². The molecule has 0 saturated carbocycles. The fraction of sp³-hybridized carbons (Fsp3) is 0.318. The number of imidazole rings is 1. The first-order valence-corrected chi connectivity index (χ1v) is 9.69. The van der Waals surface area contributed by atoms with Crippen molar-refractivity contribution in [3.63, 3.8) is 0 Å². The van der Waals surface area contributed by atoms with Crippen LogP contribution in [-0.4, -0.2) is 27.7 Å². The largest absolute Gasteiger partial charge is 0.349 e. The summed E-state index contributed by atoms with van der Waals surface area (Å²) in [6.45, 7) is 5.14.